The van der Waals surface area contributed by atoms with E-state index >= 15 is 0 Å². The number of fused-ring (bicyclic) bond motifs is 1. The van der Waals surface area contributed by atoms with Gasteiger partial charge in [-0.3, -0.25) is 19.2 Å². The molecule has 0 aromatic rings. The quantitative estimate of drug-likeness (QED) is 0.388. The molecule has 1 saturated heterocycles. The maximum atomic E-state index is 14.1. The predicted molar refractivity (Wildman–Crippen MR) is 139 cm³/mol. The zero-order valence-corrected chi connectivity index (χ0v) is 23.4. The molecule has 4 rings (SSSR count). The predicted octanol–water partition coefficient (Wildman–Crippen LogP) is 2.28. The summed E-state index contributed by atoms with van der Waals surface area (Å²) >= 11 is 0. The van der Waals surface area contributed by atoms with Crippen molar-refractivity contribution in [2.75, 3.05) is 6.54 Å². The van der Waals surface area contributed by atoms with Crippen molar-refractivity contribution in [2.45, 2.75) is 110 Å². The number of nitrogens with zero attached hydrogens (tertiary/aromatic N) is 1. The van der Waals surface area contributed by atoms with Gasteiger partial charge in [-0.1, -0.05) is 46.0 Å². The maximum absolute atomic E-state index is 14.1. The summed E-state index contributed by atoms with van der Waals surface area (Å²) < 4.78 is 5.47. The average Bonchev–Trinajstić information content (AvgIpc) is 3.68. The van der Waals surface area contributed by atoms with Crippen LogP contribution < -0.4 is 16.4 Å². The molecule has 212 valence electrons. The molecule has 3 aliphatic carbocycles. The molecule has 0 spiro atoms. The van der Waals surface area contributed by atoms with Gasteiger partial charge in [-0.15, -0.1) is 0 Å². The van der Waals surface area contributed by atoms with Crippen molar-refractivity contribution in [1.82, 2.24) is 15.5 Å². The second kappa shape index (κ2) is 10.5. The first-order chi connectivity index (χ1) is 17.7. The molecule has 2 unspecified atom stereocenters. The summed E-state index contributed by atoms with van der Waals surface area (Å²) in [4.78, 5) is 66.3. The van der Waals surface area contributed by atoms with Gasteiger partial charge < -0.3 is 26.0 Å². The number of Topliss-reactive ketones (excluding diaryl/α,β-unsaturated/α-hetero) is 1. The van der Waals surface area contributed by atoms with Crippen molar-refractivity contribution in [3.63, 3.8) is 0 Å². The number of likely N-dealkylation sites (tertiary alicyclic amines) is 1. The van der Waals surface area contributed by atoms with Crippen LogP contribution in [-0.2, 0) is 23.9 Å². The number of piperidine rings is 1. The van der Waals surface area contributed by atoms with Crippen molar-refractivity contribution >= 4 is 29.6 Å². The van der Waals surface area contributed by atoms with E-state index < -0.39 is 47.4 Å². The summed E-state index contributed by atoms with van der Waals surface area (Å²) in [5.74, 6) is -2.28. The van der Waals surface area contributed by atoms with Gasteiger partial charge in [0.25, 0.3) is 5.91 Å². The molecule has 5 atom stereocenters. The molecular weight excluding hydrogens is 488 g/mol. The number of hydrogen-bond donors (Lipinski definition) is 3. The minimum Gasteiger partial charge on any atom is -0.444 e. The number of ketones is 1. The highest BCUT2D eigenvalue weighted by Crippen LogP contribution is 2.65. The van der Waals surface area contributed by atoms with E-state index in [0.29, 0.717) is 13.0 Å². The van der Waals surface area contributed by atoms with Gasteiger partial charge >= 0.3 is 6.09 Å². The third-order valence-corrected chi connectivity index (χ3v) is 8.96. The van der Waals surface area contributed by atoms with Crippen LogP contribution in [0.4, 0.5) is 4.79 Å². The minimum atomic E-state index is -1.07. The monoisotopic (exact) mass is 532 g/mol. The van der Waals surface area contributed by atoms with Crippen molar-refractivity contribution in [2.24, 2.45) is 34.8 Å². The van der Waals surface area contributed by atoms with Gasteiger partial charge in [-0.2, -0.15) is 0 Å². The van der Waals surface area contributed by atoms with E-state index in [2.05, 4.69) is 24.5 Å². The Bertz CT molecular complexity index is 978. The molecule has 0 aromatic heterocycles. The van der Waals surface area contributed by atoms with Gasteiger partial charge in [0.2, 0.25) is 17.6 Å². The second-order valence-electron chi connectivity index (χ2n) is 13.4. The Morgan fingerprint density at radius 1 is 1.00 bits per heavy atom. The van der Waals surface area contributed by atoms with Crippen LogP contribution in [0.2, 0.25) is 0 Å². The van der Waals surface area contributed by atoms with Crippen LogP contribution in [0.15, 0.2) is 0 Å². The van der Waals surface area contributed by atoms with E-state index in [-0.39, 0.29) is 35.0 Å². The number of nitrogens with two attached hydrogens (primary N) is 1. The average molecular weight is 533 g/mol. The van der Waals surface area contributed by atoms with Crippen molar-refractivity contribution in [1.29, 1.82) is 0 Å². The highest BCUT2D eigenvalue weighted by Gasteiger charge is 2.69. The molecule has 1 aliphatic heterocycles. The number of primary amides is 1. The molecule has 0 radical (unpaired) electrons. The SMILES string of the molecule is CC(C)(C)OC(=O)NC(C(=O)N1C[C@H]2[C@@H](C1C(=O)N[C@@H](CC1CC1)C(=O)C(N)=O)C2(C)C)C1CCCCC1. The van der Waals surface area contributed by atoms with Gasteiger partial charge in [-0.05, 0) is 69.1 Å². The van der Waals surface area contributed by atoms with Gasteiger partial charge in [0.1, 0.15) is 17.7 Å². The number of nitrogens with one attached hydrogen (secondary N) is 2. The van der Waals surface area contributed by atoms with E-state index in [1.807, 2.05) is 0 Å². The van der Waals surface area contributed by atoms with Gasteiger partial charge in [0.15, 0.2) is 0 Å². The Kier molecular flexibility index (Phi) is 7.83. The second-order valence-corrected chi connectivity index (χ2v) is 13.4. The largest absolute Gasteiger partial charge is 0.444 e. The highest BCUT2D eigenvalue weighted by molar-refractivity contribution is 6.37. The smallest absolute Gasteiger partial charge is 0.408 e. The fourth-order valence-corrected chi connectivity index (χ4v) is 6.62. The molecule has 10 nitrogen and oxygen atoms in total. The van der Waals surface area contributed by atoms with Crippen LogP contribution in [0.1, 0.15) is 86.0 Å². The zero-order valence-electron chi connectivity index (χ0n) is 23.4. The van der Waals surface area contributed by atoms with Crippen LogP contribution in [0.5, 0.6) is 0 Å². The van der Waals surface area contributed by atoms with Crippen LogP contribution in [0, 0.1) is 29.1 Å². The third kappa shape index (κ3) is 6.15. The van der Waals surface area contributed by atoms with Gasteiger partial charge in [-0.25, -0.2) is 4.79 Å². The standard InChI is InChI=1S/C28H44N4O6/c1-27(2,3)38-26(37)31-20(16-9-7-6-8-10-16)25(36)32-14-17-19(28(17,4)5)21(32)24(35)30-18(13-15-11-12-15)22(33)23(29)34/h15-21H,6-14H2,1-5H3,(H2,29,34)(H,30,35)(H,31,37)/t17-,18-,19-,20?,21?/m0/s1. The molecule has 4 fully saturated rings. The van der Waals surface area contributed by atoms with Crippen molar-refractivity contribution in [3.05, 3.63) is 0 Å². The van der Waals surface area contributed by atoms with Crippen molar-refractivity contribution < 1.29 is 28.7 Å². The van der Waals surface area contributed by atoms with E-state index in [0.717, 1.165) is 44.9 Å². The minimum absolute atomic E-state index is 0.0449. The summed E-state index contributed by atoms with van der Waals surface area (Å²) in [6.07, 6.45) is 6.29. The lowest BCUT2D eigenvalue weighted by atomic mass is 9.83. The fourth-order valence-electron chi connectivity index (χ4n) is 6.62. The molecule has 4 N–H and O–H groups in total. The number of amides is 4. The van der Waals surface area contributed by atoms with E-state index in [1.54, 1.807) is 25.7 Å². The highest BCUT2D eigenvalue weighted by atomic mass is 16.6. The van der Waals surface area contributed by atoms with Crippen LogP contribution in [0.3, 0.4) is 0 Å². The Labute approximate surface area is 225 Å². The number of carbonyl (C=O) groups is 5. The first kappa shape index (κ1) is 28.4. The number of alkyl carbamates (subject to hydrolysis) is 1. The first-order valence-corrected chi connectivity index (χ1v) is 14.1. The summed E-state index contributed by atoms with van der Waals surface area (Å²) in [6, 6.07) is -2.56. The van der Waals surface area contributed by atoms with E-state index in [9.17, 15) is 24.0 Å². The lowest BCUT2D eigenvalue weighted by molar-refractivity contribution is -0.144. The number of ether oxygens (including phenoxy) is 1. The van der Waals surface area contributed by atoms with Crippen LogP contribution in [-0.4, -0.2) is 64.8 Å². The number of rotatable bonds is 9. The Morgan fingerprint density at radius 3 is 2.18 bits per heavy atom. The topological polar surface area (TPSA) is 148 Å². The summed E-state index contributed by atoms with van der Waals surface area (Å²) in [7, 11) is 0. The maximum Gasteiger partial charge on any atom is 0.408 e. The Hall–Kier alpha value is -2.65. The zero-order chi connectivity index (χ0) is 28.0. The number of carbonyl (C=O) groups excluding carboxylic acids is 5. The molecule has 4 aliphatic rings. The molecule has 4 amide bonds. The van der Waals surface area contributed by atoms with Gasteiger partial charge in [0.05, 0.1) is 6.04 Å². The van der Waals surface area contributed by atoms with E-state index in [1.165, 1.54) is 0 Å². The Balaban J connectivity index is 1.55. The molecule has 1 heterocycles. The lowest BCUT2D eigenvalue weighted by Crippen LogP contribution is -2.59. The summed E-state index contributed by atoms with van der Waals surface area (Å²) in [5.41, 5.74) is 4.43. The number of hydrogen-bond acceptors (Lipinski definition) is 6. The summed E-state index contributed by atoms with van der Waals surface area (Å²) in [5, 5.41) is 5.62. The molecule has 10 heteroatoms. The molecule has 0 aromatic carbocycles. The fraction of sp³-hybridized carbons (Fsp3) is 0.821. The molecule has 0 bridgehead atoms. The van der Waals surface area contributed by atoms with E-state index in [4.69, 9.17) is 10.5 Å². The summed E-state index contributed by atoms with van der Waals surface area (Å²) in [6.45, 7) is 9.88. The van der Waals surface area contributed by atoms with Crippen molar-refractivity contribution in [3.8, 4) is 0 Å². The van der Waals surface area contributed by atoms with Crippen LogP contribution in [0.25, 0.3) is 0 Å². The Morgan fingerprint density at radius 2 is 1.63 bits per heavy atom. The molecular formula is C28H44N4O6. The normalized spacial score (nSPS) is 28.0. The van der Waals surface area contributed by atoms with Crippen LogP contribution >= 0.6 is 0 Å². The lowest BCUT2D eigenvalue weighted by Gasteiger charge is -2.37. The first-order valence-electron chi connectivity index (χ1n) is 14.1. The molecule has 38 heavy (non-hydrogen) atoms. The molecule has 3 saturated carbocycles. The van der Waals surface area contributed by atoms with Gasteiger partial charge in [0, 0.05) is 6.54 Å². The third-order valence-electron chi connectivity index (χ3n) is 8.96.